The van der Waals surface area contributed by atoms with Crippen molar-refractivity contribution >= 4 is 34.9 Å². The van der Waals surface area contributed by atoms with Gasteiger partial charge in [0, 0.05) is 17.5 Å². The van der Waals surface area contributed by atoms with Crippen LogP contribution in [0.15, 0.2) is 30.5 Å². The van der Waals surface area contributed by atoms with Crippen LogP contribution in [-0.4, -0.2) is 15.9 Å². The number of rotatable bonds is 2. The first-order valence-electron chi connectivity index (χ1n) is 5.12. The summed E-state index contributed by atoms with van der Waals surface area (Å²) in [5, 5.41) is 3.44. The molecule has 0 unspecified atom stereocenters. The number of amides is 1. The van der Waals surface area contributed by atoms with E-state index in [1.54, 1.807) is 25.1 Å². The monoisotopic (exact) mass is 281 g/mol. The third kappa shape index (κ3) is 3.18. The largest absolute Gasteiger partial charge is 0.307 e. The molecule has 2 heterocycles. The van der Waals surface area contributed by atoms with Gasteiger partial charge in [-0.1, -0.05) is 23.2 Å². The second kappa shape index (κ2) is 5.33. The Bertz CT molecular complexity index is 564. The maximum absolute atomic E-state index is 11.9. The highest BCUT2D eigenvalue weighted by Crippen LogP contribution is 2.13. The van der Waals surface area contributed by atoms with Crippen LogP contribution >= 0.6 is 23.2 Å². The van der Waals surface area contributed by atoms with Crippen molar-refractivity contribution in [2.24, 2.45) is 0 Å². The second-order valence-corrected chi connectivity index (χ2v) is 4.46. The van der Waals surface area contributed by atoms with Crippen molar-refractivity contribution in [3.05, 3.63) is 51.9 Å². The molecule has 0 saturated heterocycles. The van der Waals surface area contributed by atoms with E-state index in [-0.39, 0.29) is 11.1 Å². The maximum Gasteiger partial charge on any atom is 0.256 e. The highest BCUT2D eigenvalue weighted by molar-refractivity contribution is 6.30. The number of hydrogen-bond acceptors (Lipinski definition) is 3. The summed E-state index contributed by atoms with van der Waals surface area (Å²) in [4.78, 5) is 19.9. The molecule has 0 saturated carbocycles. The molecule has 4 nitrogen and oxygen atoms in total. The number of halogens is 2. The lowest BCUT2D eigenvalue weighted by atomic mass is 10.2. The Morgan fingerprint density at radius 2 is 2.06 bits per heavy atom. The molecule has 1 N–H and O–H groups in total. The van der Waals surface area contributed by atoms with Crippen molar-refractivity contribution in [2.75, 3.05) is 5.32 Å². The van der Waals surface area contributed by atoms with Gasteiger partial charge in [-0.2, -0.15) is 0 Å². The van der Waals surface area contributed by atoms with Crippen LogP contribution in [0.1, 0.15) is 16.1 Å². The average Bonchev–Trinajstić information content (AvgIpc) is 2.31. The van der Waals surface area contributed by atoms with Crippen LogP contribution < -0.4 is 5.32 Å². The molecule has 0 aromatic carbocycles. The number of nitrogens with zero attached hydrogens (tertiary/aromatic N) is 2. The zero-order valence-electron chi connectivity index (χ0n) is 9.45. The van der Waals surface area contributed by atoms with Gasteiger partial charge in [0.15, 0.2) is 0 Å². The molecule has 2 rings (SSSR count). The van der Waals surface area contributed by atoms with E-state index in [9.17, 15) is 4.79 Å². The number of nitrogens with one attached hydrogen (secondary N) is 1. The molecule has 0 radical (unpaired) electrons. The van der Waals surface area contributed by atoms with Crippen molar-refractivity contribution in [1.82, 2.24) is 9.97 Å². The second-order valence-electron chi connectivity index (χ2n) is 3.64. The molecule has 1 amide bonds. The highest BCUT2D eigenvalue weighted by atomic mass is 35.5. The predicted molar refractivity (Wildman–Crippen MR) is 71.2 cm³/mol. The minimum absolute atomic E-state index is 0.282. The van der Waals surface area contributed by atoms with E-state index in [0.717, 1.165) is 0 Å². The first-order valence-corrected chi connectivity index (χ1v) is 5.87. The Labute approximate surface area is 114 Å². The van der Waals surface area contributed by atoms with Crippen LogP contribution in [-0.2, 0) is 0 Å². The Hall–Kier alpha value is -1.65. The third-order valence-electron chi connectivity index (χ3n) is 2.15. The molecule has 0 fully saturated rings. The number of anilines is 1. The van der Waals surface area contributed by atoms with Gasteiger partial charge in [-0.05, 0) is 31.2 Å². The SMILES string of the molecule is Cc1cc(C(=O)Nc2ccc(Cl)cn2)cc(Cl)n1. The fourth-order valence-corrected chi connectivity index (χ4v) is 1.76. The summed E-state index contributed by atoms with van der Waals surface area (Å²) in [5.41, 5.74) is 1.11. The lowest BCUT2D eigenvalue weighted by Gasteiger charge is -2.05. The summed E-state index contributed by atoms with van der Waals surface area (Å²) in [7, 11) is 0. The Morgan fingerprint density at radius 1 is 1.28 bits per heavy atom. The van der Waals surface area contributed by atoms with Crippen LogP contribution in [0, 0.1) is 6.92 Å². The number of pyridine rings is 2. The number of aryl methyl sites for hydroxylation is 1. The number of aromatic nitrogens is 2. The van der Waals surface area contributed by atoms with Crippen molar-refractivity contribution in [1.29, 1.82) is 0 Å². The normalized spacial score (nSPS) is 10.2. The van der Waals surface area contributed by atoms with Crippen LogP contribution in [0.25, 0.3) is 0 Å². The Kier molecular flexibility index (Phi) is 3.79. The van der Waals surface area contributed by atoms with Crippen molar-refractivity contribution in [3.63, 3.8) is 0 Å². The van der Waals surface area contributed by atoms with Crippen molar-refractivity contribution in [2.45, 2.75) is 6.92 Å². The standard InChI is InChI=1S/C12H9Cl2N3O/c1-7-4-8(5-10(14)16-7)12(18)17-11-3-2-9(13)6-15-11/h2-6H,1H3,(H,15,17,18). The summed E-state index contributed by atoms with van der Waals surface area (Å²) in [6.45, 7) is 1.77. The number of carbonyl (C=O) groups excluding carboxylic acids is 1. The van der Waals surface area contributed by atoms with Crippen molar-refractivity contribution < 1.29 is 4.79 Å². The average molecular weight is 282 g/mol. The van der Waals surface area contributed by atoms with Gasteiger partial charge in [0.2, 0.25) is 0 Å². The lowest BCUT2D eigenvalue weighted by molar-refractivity contribution is 0.102. The van der Waals surface area contributed by atoms with Crippen LogP contribution in [0.4, 0.5) is 5.82 Å². The van der Waals surface area contributed by atoms with E-state index in [2.05, 4.69) is 15.3 Å². The molecule has 0 aliphatic rings. The van der Waals surface area contributed by atoms with E-state index < -0.39 is 0 Å². The minimum Gasteiger partial charge on any atom is -0.307 e. The molecule has 0 aliphatic carbocycles. The summed E-state index contributed by atoms with van der Waals surface area (Å²) >= 11 is 11.5. The minimum atomic E-state index is -0.294. The molecule has 0 spiro atoms. The summed E-state index contributed by atoms with van der Waals surface area (Å²) in [6, 6.07) is 6.42. The zero-order chi connectivity index (χ0) is 13.1. The summed E-state index contributed by atoms with van der Waals surface area (Å²) < 4.78 is 0. The summed E-state index contributed by atoms with van der Waals surface area (Å²) in [5.74, 6) is 0.132. The fourth-order valence-electron chi connectivity index (χ4n) is 1.40. The molecule has 18 heavy (non-hydrogen) atoms. The van der Waals surface area contributed by atoms with Gasteiger partial charge in [-0.3, -0.25) is 4.79 Å². The quantitative estimate of drug-likeness (QED) is 0.859. The lowest BCUT2D eigenvalue weighted by Crippen LogP contribution is -2.13. The molecule has 0 atom stereocenters. The van der Waals surface area contributed by atoms with Gasteiger partial charge in [0.05, 0.1) is 5.02 Å². The van der Waals surface area contributed by atoms with Crippen LogP contribution in [0.3, 0.4) is 0 Å². The third-order valence-corrected chi connectivity index (χ3v) is 2.57. The molecule has 0 bridgehead atoms. The number of carbonyl (C=O) groups is 1. The molecular weight excluding hydrogens is 273 g/mol. The van der Waals surface area contributed by atoms with E-state index in [1.165, 1.54) is 12.3 Å². The molecular formula is C12H9Cl2N3O. The van der Waals surface area contributed by atoms with E-state index in [4.69, 9.17) is 23.2 Å². The van der Waals surface area contributed by atoms with Crippen LogP contribution in [0.5, 0.6) is 0 Å². The van der Waals surface area contributed by atoms with E-state index in [0.29, 0.717) is 22.1 Å². The molecule has 0 aliphatic heterocycles. The Balaban J connectivity index is 2.19. The van der Waals surface area contributed by atoms with Crippen molar-refractivity contribution in [3.8, 4) is 0 Å². The van der Waals surface area contributed by atoms with E-state index >= 15 is 0 Å². The zero-order valence-corrected chi connectivity index (χ0v) is 11.0. The smallest absolute Gasteiger partial charge is 0.256 e. The fraction of sp³-hybridized carbons (Fsp3) is 0.0833. The molecule has 2 aromatic heterocycles. The predicted octanol–water partition coefficient (Wildman–Crippen LogP) is 3.34. The van der Waals surface area contributed by atoms with Crippen LogP contribution in [0.2, 0.25) is 10.2 Å². The Morgan fingerprint density at radius 3 is 2.67 bits per heavy atom. The molecule has 2 aromatic rings. The topological polar surface area (TPSA) is 54.9 Å². The van der Waals surface area contributed by atoms with Gasteiger partial charge >= 0.3 is 0 Å². The van der Waals surface area contributed by atoms with Gasteiger partial charge in [-0.15, -0.1) is 0 Å². The molecule has 92 valence electrons. The van der Waals surface area contributed by atoms with Gasteiger partial charge in [0.1, 0.15) is 11.0 Å². The molecule has 6 heteroatoms. The summed E-state index contributed by atoms with van der Waals surface area (Å²) in [6.07, 6.45) is 1.46. The first kappa shape index (κ1) is 12.8. The van der Waals surface area contributed by atoms with E-state index in [1.807, 2.05) is 0 Å². The van der Waals surface area contributed by atoms with Gasteiger partial charge in [0.25, 0.3) is 5.91 Å². The van der Waals surface area contributed by atoms with Gasteiger partial charge in [-0.25, -0.2) is 9.97 Å². The van der Waals surface area contributed by atoms with Gasteiger partial charge < -0.3 is 5.32 Å². The first-order chi connectivity index (χ1) is 8.54. The highest BCUT2D eigenvalue weighted by Gasteiger charge is 2.08. The number of hydrogen-bond donors (Lipinski definition) is 1. The maximum atomic E-state index is 11.9.